The predicted molar refractivity (Wildman–Crippen MR) is 82.8 cm³/mol. The summed E-state index contributed by atoms with van der Waals surface area (Å²) in [7, 11) is 3.95. The Labute approximate surface area is 122 Å². The van der Waals surface area contributed by atoms with Crippen LogP contribution in [0.15, 0.2) is 0 Å². The summed E-state index contributed by atoms with van der Waals surface area (Å²) >= 11 is 6.39. The van der Waals surface area contributed by atoms with Gasteiger partial charge in [0.1, 0.15) is 5.15 Å². The minimum absolute atomic E-state index is 0.294. The van der Waals surface area contributed by atoms with Gasteiger partial charge in [-0.1, -0.05) is 38.3 Å². The Bertz CT molecular complexity index is 400. The van der Waals surface area contributed by atoms with Crippen molar-refractivity contribution in [3.05, 3.63) is 16.4 Å². The van der Waals surface area contributed by atoms with Gasteiger partial charge in [-0.15, -0.1) is 0 Å². The molecule has 0 amide bonds. The number of halogens is 1. The molecule has 1 unspecified atom stereocenters. The maximum atomic E-state index is 6.39. The van der Waals surface area contributed by atoms with Crippen molar-refractivity contribution in [1.82, 2.24) is 15.1 Å². The lowest BCUT2D eigenvalue weighted by Gasteiger charge is -2.33. The fourth-order valence-corrected chi connectivity index (χ4v) is 3.08. The van der Waals surface area contributed by atoms with Crippen molar-refractivity contribution in [1.29, 1.82) is 0 Å². The second-order valence-electron chi connectivity index (χ2n) is 5.64. The van der Waals surface area contributed by atoms with Crippen molar-refractivity contribution < 1.29 is 0 Å². The van der Waals surface area contributed by atoms with Gasteiger partial charge in [0.15, 0.2) is 0 Å². The zero-order valence-corrected chi connectivity index (χ0v) is 13.8. The minimum Gasteiger partial charge on any atom is -0.319 e. The molecule has 1 atom stereocenters. The molecule has 0 fully saturated rings. The van der Waals surface area contributed by atoms with Crippen LogP contribution in [0.3, 0.4) is 0 Å². The molecule has 0 aliphatic heterocycles. The third-order valence-corrected chi connectivity index (χ3v) is 4.66. The van der Waals surface area contributed by atoms with E-state index in [1.54, 1.807) is 4.68 Å². The predicted octanol–water partition coefficient (Wildman–Crippen LogP) is 3.73. The summed E-state index contributed by atoms with van der Waals surface area (Å²) < 4.78 is 1.78. The zero-order chi connectivity index (χ0) is 14.5. The van der Waals surface area contributed by atoms with E-state index >= 15 is 0 Å². The van der Waals surface area contributed by atoms with E-state index in [1.165, 1.54) is 31.2 Å². The number of hydrogen-bond donors (Lipinski definition) is 1. The Hall–Kier alpha value is -0.540. The lowest BCUT2D eigenvalue weighted by atomic mass is 9.75. The van der Waals surface area contributed by atoms with Crippen LogP contribution in [0, 0.1) is 12.3 Å². The molecule has 3 nitrogen and oxygen atoms in total. The normalized spacial score (nSPS) is 14.6. The number of unbranched alkanes of at least 4 members (excludes halogenated alkanes) is 1. The van der Waals surface area contributed by atoms with Crippen LogP contribution in [-0.2, 0) is 13.5 Å². The van der Waals surface area contributed by atoms with E-state index in [0.717, 1.165) is 23.8 Å². The minimum atomic E-state index is 0.294. The van der Waals surface area contributed by atoms with Gasteiger partial charge in [0.05, 0.1) is 5.69 Å². The molecule has 0 aliphatic rings. The van der Waals surface area contributed by atoms with E-state index in [4.69, 9.17) is 11.6 Å². The Morgan fingerprint density at radius 2 is 2.05 bits per heavy atom. The molecule has 0 saturated heterocycles. The van der Waals surface area contributed by atoms with Crippen LogP contribution in [0.1, 0.15) is 50.8 Å². The average Bonchev–Trinajstić information content (AvgIpc) is 2.62. The summed E-state index contributed by atoms with van der Waals surface area (Å²) in [6.07, 6.45) is 5.94. The van der Waals surface area contributed by atoms with Crippen LogP contribution in [0.5, 0.6) is 0 Å². The monoisotopic (exact) mass is 285 g/mol. The third kappa shape index (κ3) is 3.96. The average molecular weight is 286 g/mol. The van der Waals surface area contributed by atoms with Crippen molar-refractivity contribution in [2.75, 3.05) is 13.6 Å². The number of nitrogens with one attached hydrogen (secondary N) is 1. The molecule has 1 aromatic heterocycles. The zero-order valence-electron chi connectivity index (χ0n) is 13.0. The molecular formula is C15H28ClN3. The third-order valence-electron chi connectivity index (χ3n) is 4.18. The van der Waals surface area contributed by atoms with E-state index in [2.05, 4.69) is 31.2 Å². The van der Waals surface area contributed by atoms with Gasteiger partial charge in [-0.25, -0.2) is 0 Å². The van der Waals surface area contributed by atoms with E-state index in [1.807, 2.05) is 14.1 Å². The smallest absolute Gasteiger partial charge is 0.130 e. The van der Waals surface area contributed by atoms with Gasteiger partial charge in [-0.3, -0.25) is 4.68 Å². The van der Waals surface area contributed by atoms with Crippen LogP contribution in [0.2, 0.25) is 5.15 Å². The van der Waals surface area contributed by atoms with Gasteiger partial charge in [-0.2, -0.15) is 5.10 Å². The summed E-state index contributed by atoms with van der Waals surface area (Å²) in [5, 5.41) is 8.59. The summed E-state index contributed by atoms with van der Waals surface area (Å²) in [5.74, 6) is 0. The van der Waals surface area contributed by atoms with Gasteiger partial charge in [-0.05, 0) is 38.6 Å². The number of nitrogens with zero attached hydrogens (tertiary/aromatic N) is 2. The van der Waals surface area contributed by atoms with Gasteiger partial charge < -0.3 is 5.32 Å². The fraction of sp³-hybridized carbons (Fsp3) is 0.800. The first kappa shape index (κ1) is 16.5. The molecular weight excluding hydrogens is 258 g/mol. The highest BCUT2D eigenvalue weighted by molar-refractivity contribution is 6.30. The lowest BCUT2D eigenvalue weighted by molar-refractivity contribution is 0.234. The van der Waals surface area contributed by atoms with E-state index in [-0.39, 0.29) is 0 Å². The van der Waals surface area contributed by atoms with Crippen LogP contribution in [-0.4, -0.2) is 23.4 Å². The highest BCUT2D eigenvalue weighted by Gasteiger charge is 2.30. The maximum Gasteiger partial charge on any atom is 0.130 e. The molecule has 4 heteroatoms. The van der Waals surface area contributed by atoms with Gasteiger partial charge in [0.2, 0.25) is 0 Å². The van der Waals surface area contributed by atoms with Crippen molar-refractivity contribution in [3.63, 3.8) is 0 Å². The summed E-state index contributed by atoms with van der Waals surface area (Å²) in [5.41, 5.74) is 2.58. The first-order chi connectivity index (χ1) is 8.99. The van der Waals surface area contributed by atoms with Crippen LogP contribution >= 0.6 is 11.6 Å². The van der Waals surface area contributed by atoms with Crippen molar-refractivity contribution in [2.45, 2.75) is 52.9 Å². The number of aromatic nitrogens is 2. The number of rotatable bonds is 8. The SMILES string of the molecule is CCCCC(CC)(CNC)Cc1c(C)nn(C)c1Cl. The molecule has 110 valence electrons. The Balaban J connectivity index is 2.98. The maximum absolute atomic E-state index is 6.39. The molecule has 0 aliphatic carbocycles. The summed E-state index contributed by atoms with van der Waals surface area (Å²) in [6.45, 7) is 7.63. The summed E-state index contributed by atoms with van der Waals surface area (Å²) in [6, 6.07) is 0. The van der Waals surface area contributed by atoms with E-state index in [9.17, 15) is 0 Å². The first-order valence-electron chi connectivity index (χ1n) is 7.32. The lowest BCUT2D eigenvalue weighted by Crippen LogP contribution is -2.34. The number of hydrogen-bond acceptors (Lipinski definition) is 2. The molecule has 0 radical (unpaired) electrons. The Kier molecular flexibility index (Phi) is 6.34. The first-order valence-corrected chi connectivity index (χ1v) is 7.70. The second-order valence-corrected chi connectivity index (χ2v) is 6.00. The van der Waals surface area contributed by atoms with Crippen molar-refractivity contribution >= 4 is 11.6 Å². The molecule has 1 aromatic rings. The molecule has 0 aromatic carbocycles. The topological polar surface area (TPSA) is 29.9 Å². The second kappa shape index (κ2) is 7.30. The fourth-order valence-electron chi connectivity index (χ4n) is 2.84. The van der Waals surface area contributed by atoms with Crippen molar-refractivity contribution in [3.8, 4) is 0 Å². The molecule has 1 heterocycles. The molecule has 19 heavy (non-hydrogen) atoms. The van der Waals surface area contributed by atoms with E-state index < -0.39 is 0 Å². The van der Waals surface area contributed by atoms with Crippen LogP contribution < -0.4 is 5.32 Å². The highest BCUT2D eigenvalue weighted by atomic mass is 35.5. The van der Waals surface area contributed by atoms with E-state index in [0.29, 0.717) is 5.41 Å². The van der Waals surface area contributed by atoms with Gasteiger partial charge in [0, 0.05) is 19.2 Å². The highest BCUT2D eigenvalue weighted by Crippen LogP contribution is 2.35. The molecule has 0 bridgehead atoms. The quantitative estimate of drug-likeness (QED) is 0.789. The van der Waals surface area contributed by atoms with Crippen LogP contribution in [0.4, 0.5) is 0 Å². The number of aryl methyl sites for hydroxylation is 2. The largest absolute Gasteiger partial charge is 0.319 e. The summed E-state index contributed by atoms with van der Waals surface area (Å²) in [4.78, 5) is 0. The molecule has 0 spiro atoms. The standard InChI is InChI=1S/C15H28ClN3/c1-6-8-9-15(7-2,11-17-4)10-13-12(3)18-19(5)14(13)16/h17H,6-11H2,1-5H3. The Morgan fingerprint density at radius 3 is 2.47 bits per heavy atom. The molecule has 1 rings (SSSR count). The molecule has 1 N–H and O–H groups in total. The van der Waals surface area contributed by atoms with Gasteiger partial charge >= 0.3 is 0 Å². The van der Waals surface area contributed by atoms with Crippen molar-refractivity contribution in [2.24, 2.45) is 12.5 Å². The Morgan fingerprint density at radius 1 is 1.37 bits per heavy atom. The molecule has 0 saturated carbocycles. The van der Waals surface area contributed by atoms with Gasteiger partial charge in [0.25, 0.3) is 0 Å². The van der Waals surface area contributed by atoms with Crippen LogP contribution in [0.25, 0.3) is 0 Å².